The van der Waals surface area contributed by atoms with Crippen LogP contribution in [0.5, 0.6) is 0 Å². The second-order valence-corrected chi connectivity index (χ2v) is 6.83. The Kier molecular flexibility index (Phi) is 6.93. The minimum Gasteiger partial charge on any atom is -0.317 e. The number of benzene rings is 1. The van der Waals surface area contributed by atoms with E-state index in [0.717, 1.165) is 13.0 Å². The Bertz CT molecular complexity index is 506. The van der Waals surface area contributed by atoms with Gasteiger partial charge in [0.25, 0.3) is 0 Å². The van der Waals surface area contributed by atoms with E-state index in [2.05, 4.69) is 17.0 Å². The molecule has 1 aromatic rings. The maximum absolute atomic E-state index is 11.8. The second-order valence-electron chi connectivity index (χ2n) is 4.15. The molecule has 0 heterocycles. The maximum Gasteiger partial charge on any atom is 0.232 e. The zero-order chi connectivity index (χ0) is 14.3. The summed E-state index contributed by atoms with van der Waals surface area (Å²) in [4.78, 5) is 0. The van der Waals surface area contributed by atoms with Gasteiger partial charge in [-0.15, -0.1) is 0 Å². The summed E-state index contributed by atoms with van der Waals surface area (Å²) in [6.45, 7) is 3.65. The van der Waals surface area contributed by atoms with Crippen LogP contribution in [-0.2, 0) is 10.0 Å². The quantitative estimate of drug-likeness (QED) is 0.722. The fourth-order valence-corrected chi connectivity index (χ4v) is 3.13. The van der Waals surface area contributed by atoms with E-state index in [1.54, 1.807) is 12.1 Å². The minimum absolute atomic E-state index is 0.0582. The fraction of sp³-hybridized carbons (Fsp3) is 0.500. The Balaban J connectivity index is 2.50. The molecule has 0 fully saturated rings. The van der Waals surface area contributed by atoms with Gasteiger partial charge in [0.15, 0.2) is 0 Å². The second kappa shape index (κ2) is 7.94. The van der Waals surface area contributed by atoms with Crippen molar-refractivity contribution in [2.24, 2.45) is 0 Å². The summed E-state index contributed by atoms with van der Waals surface area (Å²) >= 11 is 11.7. The third-order valence-corrected chi connectivity index (χ3v) is 4.29. The minimum atomic E-state index is -3.37. The van der Waals surface area contributed by atoms with Gasteiger partial charge in [0, 0.05) is 5.02 Å². The van der Waals surface area contributed by atoms with E-state index in [1.807, 2.05) is 0 Å². The summed E-state index contributed by atoms with van der Waals surface area (Å²) < 4.78 is 26.1. The van der Waals surface area contributed by atoms with Crippen molar-refractivity contribution in [2.75, 3.05) is 23.6 Å². The van der Waals surface area contributed by atoms with Crippen LogP contribution >= 0.6 is 23.2 Å². The van der Waals surface area contributed by atoms with Crippen LogP contribution in [0.25, 0.3) is 0 Å². The van der Waals surface area contributed by atoms with Crippen LogP contribution < -0.4 is 10.0 Å². The molecule has 0 atom stereocenters. The van der Waals surface area contributed by atoms with Crippen LogP contribution in [-0.4, -0.2) is 27.3 Å². The molecular weight excluding hydrogens is 307 g/mol. The summed E-state index contributed by atoms with van der Waals surface area (Å²) in [6, 6.07) is 4.65. The number of halogens is 2. The molecule has 0 aromatic heterocycles. The summed E-state index contributed by atoms with van der Waals surface area (Å²) in [7, 11) is -3.37. The van der Waals surface area contributed by atoms with Crippen molar-refractivity contribution in [3.63, 3.8) is 0 Å². The zero-order valence-corrected chi connectivity index (χ0v) is 13.1. The molecule has 19 heavy (non-hydrogen) atoms. The molecule has 4 nitrogen and oxygen atoms in total. The Morgan fingerprint density at radius 1 is 1.21 bits per heavy atom. The van der Waals surface area contributed by atoms with Gasteiger partial charge >= 0.3 is 0 Å². The maximum atomic E-state index is 11.8. The summed E-state index contributed by atoms with van der Waals surface area (Å²) in [5.41, 5.74) is 0.354. The van der Waals surface area contributed by atoms with Gasteiger partial charge in [0.2, 0.25) is 10.0 Å². The molecule has 0 saturated carbocycles. The van der Waals surface area contributed by atoms with Crippen LogP contribution in [0.2, 0.25) is 10.0 Å². The number of hydrogen-bond donors (Lipinski definition) is 2. The molecule has 0 saturated heterocycles. The molecular formula is C12H18Cl2N2O2S. The third kappa shape index (κ3) is 6.47. The summed E-state index contributed by atoms with van der Waals surface area (Å²) in [5, 5.41) is 3.92. The first kappa shape index (κ1) is 16.6. The lowest BCUT2D eigenvalue weighted by Crippen LogP contribution is -2.22. The van der Waals surface area contributed by atoms with E-state index >= 15 is 0 Å². The average molecular weight is 325 g/mol. The molecule has 1 aromatic carbocycles. The van der Waals surface area contributed by atoms with Crippen molar-refractivity contribution in [3.05, 3.63) is 28.2 Å². The van der Waals surface area contributed by atoms with Gasteiger partial charge in [0.05, 0.1) is 16.5 Å². The van der Waals surface area contributed by atoms with Crippen LogP contribution in [0, 0.1) is 0 Å². The number of rotatable bonds is 8. The average Bonchev–Trinajstić information content (AvgIpc) is 2.32. The number of anilines is 1. The lowest BCUT2D eigenvalue weighted by atomic mass is 10.3. The summed E-state index contributed by atoms with van der Waals surface area (Å²) in [5.74, 6) is 0.0582. The van der Waals surface area contributed by atoms with Crippen LogP contribution in [0.4, 0.5) is 5.69 Å². The van der Waals surface area contributed by atoms with Crippen LogP contribution in [0.15, 0.2) is 18.2 Å². The molecule has 0 aliphatic heterocycles. The van der Waals surface area contributed by atoms with Gasteiger partial charge in [-0.2, -0.15) is 0 Å². The highest BCUT2D eigenvalue weighted by molar-refractivity contribution is 7.92. The van der Waals surface area contributed by atoms with Gasteiger partial charge < -0.3 is 5.32 Å². The van der Waals surface area contributed by atoms with E-state index in [4.69, 9.17) is 23.2 Å². The molecule has 0 radical (unpaired) electrons. The first-order chi connectivity index (χ1) is 8.94. The highest BCUT2D eigenvalue weighted by atomic mass is 35.5. The van der Waals surface area contributed by atoms with E-state index in [-0.39, 0.29) is 5.75 Å². The lowest BCUT2D eigenvalue weighted by Gasteiger charge is -2.10. The Labute approximate surface area is 124 Å². The molecule has 0 aliphatic rings. The predicted octanol–water partition coefficient (Wildman–Crippen LogP) is 3.12. The van der Waals surface area contributed by atoms with Gasteiger partial charge in [0.1, 0.15) is 0 Å². The molecule has 0 aliphatic carbocycles. The van der Waals surface area contributed by atoms with Crippen molar-refractivity contribution in [3.8, 4) is 0 Å². The molecule has 0 amide bonds. The highest BCUT2D eigenvalue weighted by Crippen LogP contribution is 2.26. The molecule has 108 valence electrons. The zero-order valence-electron chi connectivity index (χ0n) is 10.7. The number of hydrogen-bond acceptors (Lipinski definition) is 3. The number of nitrogens with one attached hydrogen (secondary N) is 2. The Morgan fingerprint density at radius 3 is 2.58 bits per heavy atom. The van der Waals surface area contributed by atoms with Crippen molar-refractivity contribution in [1.82, 2.24) is 5.32 Å². The highest BCUT2D eigenvalue weighted by Gasteiger charge is 2.12. The summed E-state index contributed by atoms with van der Waals surface area (Å²) in [6.07, 6.45) is 1.59. The van der Waals surface area contributed by atoms with Crippen molar-refractivity contribution >= 4 is 38.9 Å². The van der Waals surface area contributed by atoms with Gasteiger partial charge in [-0.1, -0.05) is 30.1 Å². The van der Waals surface area contributed by atoms with Gasteiger partial charge in [-0.3, -0.25) is 4.72 Å². The van der Waals surface area contributed by atoms with E-state index < -0.39 is 10.0 Å². The van der Waals surface area contributed by atoms with E-state index in [0.29, 0.717) is 28.7 Å². The molecule has 2 N–H and O–H groups in total. The Hall–Kier alpha value is -0.490. The monoisotopic (exact) mass is 324 g/mol. The molecule has 1 rings (SSSR count). The fourth-order valence-electron chi connectivity index (χ4n) is 1.48. The Morgan fingerprint density at radius 2 is 1.95 bits per heavy atom. The van der Waals surface area contributed by atoms with Crippen LogP contribution in [0.1, 0.15) is 19.8 Å². The van der Waals surface area contributed by atoms with Crippen molar-refractivity contribution < 1.29 is 8.42 Å². The molecule has 7 heteroatoms. The van der Waals surface area contributed by atoms with Crippen molar-refractivity contribution in [1.29, 1.82) is 0 Å². The van der Waals surface area contributed by atoms with Gasteiger partial charge in [-0.05, 0) is 44.1 Å². The lowest BCUT2D eigenvalue weighted by molar-refractivity contribution is 0.593. The standard InChI is InChI=1S/C12H18Cl2N2O2S/c1-2-6-15-7-3-8-19(17,18)16-12-5-4-10(13)9-11(12)14/h4-5,9,15-16H,2-3,6-8H2,1H3. The SMILES string of the molecule is CCCNCCCS(=O)(=O)Nc1ccc(Cl)cc1Cl. The smallest absolute Gasteiger partial charge is 0.232 e. The largest absolute Gasteiger partial charge is 0.317 e. The topological polar surface area (TPSA) is 58.2 Å². The number of sulfonamides is 1. The normalized spacial score (nSPS) is 11.5. The molecule has 0 bridgehead atoms. The first-order valence-electron chi connectivity index (χ1n) is 6.11. The van der Waals surface area contributed by atoms with Crippen molar-refractivity contribution in [2.45, 2.75) is 19.8 Å². The molecule has 0 unspecified atom stereocenters. The first-order valence-corrected chi connectivity index (χ1v) is 8.51. The van der Waals surface area contributed by atoms with E-state index in [1.165, 1.54) is 6.07 Å². The van der Waals surface area contributed by atoms with Crippen LogP contribution in [0.3, 0.4) is 0 Å². The third-order valence-electron chi connectivity index (χ3n) is 2.39. The van der Waals surface area contributed by atoms with Gasteiger partial charge in [-0.25, -0.2) is 8.42 Å². The van der Waals surface area contributed by atoms with E-state index in [9.17, 15) is 8.42 Å². The molecule has 0 spiro atoms. The predicted molar refractivity (Wildman–Crippen MR) is 81.6 cm³/mol.